The van der Waals surface area contributed by atoms with Crippen LogP contribution in [0.2, 0.25) is 0 Å². The Kier molecular flexibility index (Phi) is 5.24. The fraction of sp³-hybridized carbons (Fsp3) is 0.385. The Hall–Kier alpha value is -1.47. The van der Waals surface area contributed by atoms with Gasteiger partial charge in [0, 0.05) is 7.11 Å². The van der Waals surface area contributed by atoms with Gasteiger partial charge in [0.1, 0.15) is 5.82 Å². The molecule has 2 atom stereocenters. The highest BCUT2D eigenvalue weighted by Crippen LogP contribution is 2.22. The molecule has 1 amide bonds. The van der Waals surface area contributed by atoms with E-state index in [0.29, 0.717) is 5.56 Å². The first-order valence-corrected chi connectivity index (χ1v) is 6.56. The quantitative estimate of drug-likeness (QED) is 0.801. The molecule has 7 heteroatoms. The van der Waals surface area contributed by atoms with E-state index >= 15 is 0 Å². The maximum atomic E-state index is 13.1. The summed E-state index contributed by atoms with van der Waals surface area (Å²) >= 11 is 3.05. The summed E-state index contributed by atoms with van der Waals surface area (Å²) in [6.07, 6.45) is 0. The van der Waals surface area contributed by atoms with Crippen molar-refractivity contribution >= 4 is 27.8 Å². The van der Waals surface area contributed by atoms with Crippen molar-refractivity contribution in [2.45, 2.75) is 25.5 Å². The third-order valence-electron chi connectivity index (χ3n) is 3.04. The van der Waals surface area contributed by atoms with E-state index in [1.165, 1.54) is 18.2 Å². The molecule has 110 valence electrons. The fourth-order valence-electron chi connectivity index (χ4n) is 1.48. The van der Waals surface area contributed by atoms with Crippen molar-refractivity contribution in [3.05, 3.63) is 34.1 Å². The van der Waals surface area contributed by atoms with Crippen molar-refractivity contribution in [3.63, 3.8) is 0 Å². The highest BCUT2D eigenvalue weighted by molar-refractivity contribution is 9.10. The number of benzene rings is 1. The molecule has 2 N–H and O–H groups in total. The first kappa shape index (κ1) is 16.6. The van der Waals surface area contributed by atoms with Gasteiger partial charge < -0.3 is 15.2 Å². The molecule has 1 rings (SSSR count). The van der Waals surface area contributed by atoms with Crippen LogP contribution >= 0.6 is 15.9 Å². The lowest BCUT2D eigenvalue weighted by atomic mass is 10.0. The number of hydrogen-bond donors (Lipinski definition) is 2. The molecule has 20 heavy (non-hydrogen) atoms. The number of amides is 1. The SMILES string of the molecule is COC(C)(C(=O)O)C(=O)N[C@H](C)c1ccc(F)c(Br)c1. The number of carboxylic acids is 1. The van der Waals surface area contributed by atoms with Crippen LogP contribution in [0.4, 0.5) is 4.39 Å². The van der Waals surface area contributed by atoms with Gasteiger partial charge in [-0.3, -0.25) is 4.79 Å². The van der Waals surface area contributed by atoms with Crippen molar-refractivity contribution in [2.75, 3.05) is 7.11 Å². The van der Waals surface area contributed by atoms with Gasteiger partial charge in [0.05, 0.1) is 10.5 Å². The van der Waals surface area contributed by atoms with Gasteiger partial charge in [-0.1, -0.05) is 6.07 Å². The monoisotopic (exact) mass is 347 g/mol. The van der Waals surface area contributed by atoms with Crippen LogP contribution < -0.4 is 5.32 Å². The predicted octanol–water partition coefficient (Wildman–Crippen LogP) is 2.26. The van der Waals surface area contributed by atoms with Crippen LogP contribution in [0.15, 0.2) is 22.7 Å². The second kappa shape index (κ2) is 6.32. The molecular formula is C13H15BrFNO4. The van der Waals surface area contributed by atoms with Crippen molar-refractivity contribution in [3.8, 4) is 0 Å². The van der Waals surface area contributed by atoms with Crippen LogP contribution in [-0.4, -0.2) is 29.7 Å². The summed E-state index contributed by atoms with van der Waals surface area (Å²) in [5.74, 6) is -2.58. The molecule has 0 bridgehead atoms. The molecule has 0 saturated carbocycles. The van der Waals surface area contributed by atoms with Crippen LogP contribution in [0, 0.1) is 5.82 Å². The number of carbonyl (C=O) groups is 2. The summed E-state index contributed by atoms with van der Waals surface area (Å²) in [5.41, 5.74) is -1.33. The minimum atomic E-state index is -1.97. The number of nitrogens with one attached hydrogen (secondary N) is 1. The van der Waals surface area contributed by atoms with E-state index in [4.69, 9.17) is 9.84 Å². The number of aliphatic carboxylic acids is 1. The first-order valence-electron chi connectivity index (χ1n) is 5.76. The van der Waals surface area contributed by atoms with Crippen molar-refractivity contribution in [2.24, 2.45) is 0 Å². The lowest BCUT2D eigenvalue weighted by Gasteiger charge is -2.24. The second-order valence-electron chi connectivity index (χ2n) is 4.41. The number of hydrogen-bond acceptors (Lipinski definition) is 3. The van der Waals surface area contributed by atoms with E-state index in [0.717, 1.165) is 14.0 Å². The Balaban J connectivity index is 2.89. The molecule has 0 aliphatic carbocycles. The summed E-state index contributed by atoms with van der Waals surface area (Å²) < 4.78 is 18.2. The number of ether oxygens (including phenoxy) is 1. The van der Waals surface area contributed by atoms with Crippen molar-refractivity contribution in [1.82, 2.24) is 5.32 Å². The second-order valence-corrected chi connectivity index (χ2v) is 5.27. The summed E-state index contributed by atoms with van der Waals surface area (Å²) in [5, 5.41) is 11.6. The average Bonchev–Trinajstić information content (AvgIpc) is 2.40. The molecule has 5 nitrogen and oxygen atoms in total. The lowest BCUT2D eigenvalue weighted by molar-refractivity contribution is -0.168. The Morgan fingerprint density at radius 1 is 1.50 bits per heavy atom. The van der Waals surface area contributed by atoms with E-state index in [1.807, 2.05) is 0 Å². The van der Waals surface area contributed by atoms with E-state index < -0.39 is 29.3 Å². The smallest absolute Gasteiger partial charge is 0.345 e. The average molecular weight is 348 g/mol. The zero-order valence-electron chi connectivity index (χ0n) is 11.2. The molecule has 1 aromatic carbocycles. The van der Waals surface area contributed by atoms with Crippen molar-refractivity contribution < 1.29 is 23.8 Å². The third-order valence-corrected chi connectivity index (χ3v) is 3.65. The van der Waals surface area contributed by atoms with Crippen LogP contribution in [-0.2, 0) is 14.3 Å². The molecule has 0 aromatic heterocycles. The van der Waals surface area contributed by atoms with Gasteiger partial charge in [-0.25, -0.2) is 9.18 Å². The maximum Gasteiger partial charge on any atom is 0.345 e. The predicted molar refractivity (Wildman–Crippen MR) is 73.7 cm³/mol. The van der Waals surface area contributed by atoms with E-state index in [-0.39, 0.29) is 4.47 Å². The molecule has 1 unspecified atom stereocenters. The number of carboxylic acid groups (broad SMARTS) is 1. The molecule has 0 aliphatic rings. The normalized spacial score (nSPS) is 15.2. The molecule has 0 spiro atoms. The lowest BCUT2D eigenvalue weighted by Crippen LogP contribution is -2.52. The zero-order chi connectivity index (χ0) is 15.5. The maximum absolute atomic E-state index is 13.1. The molecule has 0 heterocycles. The molecule has 0 radical (unpaired) electrons. The molecule has 0 saturated heterocycles. The van der Waals surface area contributed by atoms with Gasteiger partial charge in [0.15, 0.2) is 0 Å². The van der Waals surface area contributed by atoms with E-state index in [1.54, 1.807) is 6.92 Å². The van der Waals surface area contributed by atoms with E-state index in [9.17, 15) is 14.0 Å². The highest BCUT2D eigenvalue weighted by atomic mass is 79.9. The largest absolute Gasteiger partial charge is 0.479 e. The number of halogens is 2. The molecular weight excluding hydrogens is 333 g/mol. The van der Waals surface area contributed by atoms with Gasteiger partial charge in [0.25, 0.3) is 5.91 Å². The topological polar surface area (TPSA) is 75.6 Å². The highest BCUT2D eigenvalue weighted by Gasteiger charge is 2.42. The Morgan fingerprint density at radius 3 is 2.55 bits per heavy atom. The Morgan fingerprint density at radius 2 is 2.10 bits per heavy atom. The summed E-state index contributed by atoms with van der Waals surface area (Å²) in [7, 11) is 1.15. The minimum Gasteiger partial charge on any atom is -0.479 e. The van der Waals surface area contributed by atoms with Crippen LogP contribution in [0.3, 0.4) is 0 Å². The van der Waals surface area contributed by atoms with Gasteiger partial charge in [-0.2, -0.15) is 0 Å². The van der Waals surface area contributed by atoms with Gasteiger partial charge in [0.2, 0.25) is 5.60 Å². The van der Waals surface area contributed by atoms with Crippen molar-refractivity contribution in [1.29, 1.82) is 0 Å². The Bertz CT molecular complexity index is 537. The number of rotatable bonds is 5. The Labute approximate surface area is 124 Å². The minimum absolute atomic E-state index is 0.267. The summed E-state index contributed by atoms with van der Waals surface area (Å²) in [4.78, 5) is 23.0. The number of carbonyl (C=O) groups excluding carboxylic acids is 1. The van der Waals surface area contributed by atoms with Crippen LogP contribution in [0.5, 0.6) is 0 Å². The molecule has 0 fully saturated rings. The third kappa shape index (κ3) is 3.34. The zero-order valence-corrected chi connectivity index (χ0v) is 12.8. The first-order chi connectivity index (χ1) is 9.22. The van der Waals surface area contributed by atoms with Gasteiger partial charge in [-0.15, -0.1) is 0 Å². The van der Waals surface area contributed by atoms with Gasteiger partial charge in [-0.05, 0) is 47.5 Å². The molecule has 0 aliphatic heterocycles. The molecule has 1 aromatic rings. The van der Waals surface area contributed by atoms with Gasteiger partial charge >= 0.3 is 5.97 Å². The standard InChI is InChI=1S/C13H15BrFNO4/c1-7(8-4-5-10(15)9(14)6-8)16-11(17)13(2,20-3)12(18)19/h4-7H,1-3H3,(H,16,17)(H,18,19)/t7-,13?/m1/s1. The fourth-order valence-corrected chi connectivity index (χ4v) is 1.87. The number of methoxy groups -OCH3 is 1. The van der Waals surface area contributed by atoms with Crippen LogP contribution in [0.1, 0.15) is 25.5 Å². The summed E-state index contributed by atoms with van der Waals surface area (Å²) in [6.45, 7) is 2.83. The van der Waals surface area contributed by atoms with E-state index in [2.05, 4.69) is 21.2 Å². The summed E-state index contributed by atoms with van der Waals surface area (Å²) in [6, 6.07) is 3.80. The van der Waals surface area contributed by atoms with Crippen LogP contribution in [0.25, 0.3) is 0 Å².